The summed E-state index contributed by atoms with van der Waals surface area (Å²) in [7, 11) is -3.70. The van der Waals surface area contributed by atoms with E-state index in [0.29, 0.717) is 29.0 Å². The zero-order valence-electron chi connectivity index (χ0n) is 20.9. The number of sulfonamides is 1. The van der Waals surface area contributed by atoms with Crippen LogP contribution in [0.3, 0.4) is 0 Å². The molecule has 0 atom stereocenters. The van der Waals surface area contributed by atoms with E-state index in [1.54, 1.807) is 36.6 Å². The highest BCUT2D eigenvalue weighted by molar-refractivity contribution is 7.89. The van der Waals surface area contributed by atoms with E-state index >= 15 is 0 Å². The van der Waals surface area contributed by atoms with Gasteiger partial charge in [-0.1, -0.05) is 11.3 Å². The Bertz CT molecular complexity index is 1520. The van der Waals surface area contributed by atoms with Crippen LogP contribution in [0.2, 0.25) is 0 Å². The average Bonchev–Trinajstić information content (AvgIpc) is 3.25. The predicted octanol–water partition coefficient (Wildman–Crippen LogP) is 2.20. The Morgan fingerprint density at radius 3 is 2.29 bits per heavy atom. The molecule has 3 aromatic rings. The highest BCUT2D eigenvalue weighted by Crippen LogP contribution is 2.21. The van der Waals surface area contributed by atoms with Gasteiger partial charge in [0.1, 0.15) is 6.54 Å². The number of carbonyl (C=O) groups is 3. The number of fused-ring (bicyclic) bond motifs is 1. The Balaban J connectivity index is 1.68. The van der Waals surface area contributed by atoms with Crippen LogP contribution in [0.1, 0.15) is 34.6 Å². The van der Waals surface area contributed by atoms with E-state index in [0.717, 1.165) is 11.3 Å². The van der Waals surface area contributed by atoms with Crippen molar-refractivity contribution in [3.8, 4) is 0 Å². The molecule has 202 valence electrons. The molecule has 4 rings (SSSR count). The summed E-state index contributed by atoms with van der Waals surface area (Å²) in [6, 6.07) is 10.4. The number of benzene rings is 2. The lowest BCUT2D eigenvalue weighted by Crippen LogP contribution is -2.40. The monoisotopic (exact) mass is 561 g/mol. The Labute approximate surface area is 223 Å². The second kappa shape index (κ2) is 12.0. The number of amides is 1. The number of ether oxygens (including phenoxy) is 3. The second-order valence-corrected chi connectivity index (χ2v) is 11.1. The van der Waals surface area contributed by atoms with Gasteiger partial charge in [0.05, 0.1) is 47.1 Å². The van der Waals surface area contributed by atoms with Crippen molar-refractivity contribution in [2.45, 2.75) is 25.3 Å². The molecule has 1 aliphatic heterocycles. The third-order valence-electron chi connectivity index (χ3n) is 5.69. The molecule has 1 aromatic heterocycles. The number of thiazole rings is 1. The van der Waals surface area contributed by atoms with Gasteiger partial charge in [-0.25, -0.2) is 13.2 Å². The summed E-state index contributed by atoms with van der Waals surface area (Å²) in [5, 5.41) is 0. The zero-order chi connectivity index (χ0) is 27.3. The fourth-order valence-corrected chi connectivity index (χ4v) is 6.32. The van der Waals surface area contributed by atoms with Gasteiger partial charge in [0.25, 0.3) is 5.91 Å². The Kier molecular flexibility index (Phi) is 8.72. The summed E-state index contributed by atoms with van der Waals surface area (Å²) >= 11 is 1.13. The normalized spacial score (nSPS) is 14.9. The summed E-state index contributed by atoms with van der Waals surface area (Å²) in [6.45, 7) is 4.83. The number of esters is 2. The van der Waals surface area contributed by atoms with E-state index in [-0.39, 0.29) is 48.1 Å². The summed E-state index contributed by atoms with van der Waals surface area (Å²) in [6.07, 6.45) is 0. The third-order valence-corrected chi connectivity index (χ3v) is 8.65. The molecule has 38 heavy (non-hydrogen) atoms. The molecule has 0 unspecified atom stereocenters. The zero-order valence-corrected chi connectivity index (χ0v) is 22.5. The Morgan fingerprint density at radius 2 is 1.63 bits per heavy atom. The van der Waals surface area contributed by atoms with Gasteiger partial charge in [-0.15, -0.1) is 0 Å². The maximum absolute atomic E-state index is 13.0. The molecule has 2 aromatic carbocycles. The minimum absolute atomic E-state index is 0.0710. The van der Waals surface area contributed by atoms with Crippen molar-refractivity contribution < 1.29 is 37.0 Å². The van der Waals surface area contributed by atoms with Crippen molar-refractivity contribution in [3.05, 3.63) is 58.4 Å². The SMILES string of the molecule is CCOC(=O)Cn1c(=NC(=O)c2ccc(S(=O)(=O)N3CCOCC3)cc2)sc2cc(C(=O)OCC)ccc21. The van der Waals surface area contributed by atoms with Crippen molar-refractivity contribution in [2.24, 2.45) is 4.99 Å². The van der Waals surface area contributed by atoms with Gasteiger partial charge in [-0.2, -0.15) is 9.30 Å². The van der Waals surface area contributed by atoms with Gasteiger partial charge < -0.3 is 18.8 Å². The topological polar surface area (TPSA) is 134 Å². The molecule has 1 fully saturated rings. The fraction of sp³-hybridized carbons (Fsp3) is 0.360. The third kappa shape index (κ3) is 6.01. The molecule has 1 amide bonds. The van der Waals surface area contributed by atoms with Gasteiger partial charge in [0, 0.05) is 18.7 Å². The van der Waals surface area contributed by atoms with E-state index in [1.165, 1.54) is 28.6 Å². The number of hydrogen-bond acceptors (Lipinski definition) is 9. The quantitative estimate of drug-likeness (QED) is 0.382. The minimum Gasteiger partial charge on any atom is -0.465 e. The van der Waals surface area contributed by atoms with E-state index in [2.05, 4.69) is 4.99 Å². The summed E-state index contributed by atoms with van der Waals surface area (Å²) in [4.78, 5) is 42.0. The van der Waals surface area contributed by atoms with E-state index in [4.69, 9.17) is 14.2 Å². The molecule has 0 aliphatic carbocycles. The van der Waals surface area contributed by atoms with Crippen LogP contribution in [0.25, 0.3) is 10.2 Å². The molecule has 11 nitrogen and oxygen atoms in total. The molecule has 1 saturated heterocycles. The van der Waals surface area contributed by atoms with Gasteiger partial charge in [-0.05, 0) is 56.3 Å². The van der Waals surface area contributed by atoms with E-state index in [1.807, 2.05) is 0 Å². The molecule has 0 spiro atoms. The summed E-state index contributed by atoms with van der Waals surface area (Å²) < 4.78 is 44.6. The van der Waals surface area contributed by atoms with Gasteiger partial charge in [-0.3, -0.25) is 9.59 Å². The Morgan fingerprint density at radius 1 is 0.974 bits per heavy atom. The van der Waals surface area contributed by atoms with Crippen LogP contribution in [-0.4, -0.2) is 74.7 Å². The lowest BCUT2D eigenvalue weighted by atomic mass is 10.2. The minimum atomic E-state index is -3.70. The first-order valence-electron chi connectivity index (χ1n) is 12.0. The van der Waals surface area contributed by atoms with Crippen LogP contribution < -0.4 is 4.80 Å². The number of aromatic nitrogens is 1. The van der Waals surface area contributed by atoms with Gasteiger partial charge >= 0.3 is 11.9 Å². The van der Waals surface area contributed by atoms with Gasteiger partial charge in [0.15, 0.2) is 4.80 Å². The Hall–Kier alpha value is -3.39. The van der Waals surface area contributed by atoms with Crippen molar-refractivity contribution in [1.82, 2.24) is 8.87 Å². The molecule has 0 saturated carbocycles. The number of morpholine rings is 1. The molecule has 0 bridgehead atoms. The van der Waals surface area contributed by atoms with E-state index < -0.39 is 27.9 Å². The lowest BCUT2D eigenvalue weighted by Gasteiger charge is -2.26. The average molecular weight is 562 g/mol. The molecule has 0 radical (unpaired) electrons. The summed E-state index contributed by atoms with van der Waals surface area (Å²) in [5.41, 5.74) is 1.10. The standard InChI is InChI=1S/C25H27N3O8S2/c1-3-35-22(29)16-28-20-10-7-18(24(31)36-4-2)15-21(20)37-25(28)26-23(30)17-5-8-19(9-6-17)38(32,33)27-11-13-34-14-12-27/h5-10,15H,3-4,11-14,16H2,1-2H3. The van der Waals surface area contributed by atoms with Crippen LogP contribution in [0.5, 0.6) is 0 Å². The number of carbonyl (C=O) groups excluding carboxylic acids is 3. The van der Waals surface area contributed by atoms with Crippen LogP contribution in [-0.2, 0) is 35.6 Å². The maximum Gasteiger partial charge on any atom is 0.338 e. The second-order valence-electron chi connectivity index (χ2n) is 8.14. The number of hydrogen-bond donors (Lipinski definition) is 0. The van der Waals surface area contributed by atoms with Crippen LogP contribution in [0.4, 0.5) is 0 Å². The largest absolute Gasteiger partial charge is 0.465 e. The van der Waals surface area contributed by atoms with Crippen molar-refractivity contribution in [2.75, 3.05) is 39.5 Å². The number of rotatable bonds is 8. The highest BCUT2D eigenvalue weighted by Gasteiger charge is 2.26. The predicted molar refractivity (Wildman–Crippen MR) is 138 cm³/mol. The molecule has 0 N–H and O–H groups in total. The molecule has 2 heterocycles. The first-order chi connectivity index (χ1) is 18.2. The lowest BCUT2D eigenvalue weighted by molar-refractivity contribution is -0.143. The molecular formula is C25H27N3O8S2. The van der Waals surface area contributed by atoms with Crippen molar-refractivity contribution >= 4 is 49.4 Å². The first kappa shape index (κ1) is 27.6. The summed E-state index contributed by atoms with van der Waals surface area (Å²) in [5.74, 6) is -1.61. The smallest absolute Gasteiger partial charge is 0.338 e. The first-order valence-corrected chi connectivity index (χ1v) is 14.2. The van der Waals surface area contributed by atoms with Crippen LogP contribution in [0.15, 0.2) is 52.4 Å². The van der Waals surface area contributed by atoms with Crippen molar-refractivity contribution in [3.63, 3.8) is 0 Å². The molecule has 1 aliphatic rings. The highest BCUT2D eigenvalue weighted by atomic mass is 32.2. The van der Waals surface area contributed by atoms with Crippen LogP contribution in [0, 0.1) is 0 Å². The molecule has 13 heteroatoms. The maximum atomic E-state index is 13.0. The van der Waals surface area contributed by atoms with Crippen LogP contribution >= 0.6 is 11.3 Å². The molecular weight excluding hydrogens is 534 g/mol. The number of nitrogens with zero attached hydrogens (tertiary/aromatic N) is 3. The van der Waals surface area contributed by atoms with Gasteiger partial charge in [0.2, 0.25) is 10.0 Å². The van der Waals surface area contributed by atoms with E-state index in [9.17, 15) is 22.8 Å². The fourth-order valence-electron chi connectivity index (χ4n) is 3.85. The van der Waals surface area contributed by atoms with Crippen molar-refractivity contribution in [1.29, 1.82) is 0 Å².